The van der Waals surface area contributed by atoms with E-state index in [2.05, 4.69) is 81.3 Å². The van der Waals surface area contributed by atoms with Gasteiger partial charge in [-0.3, -0.25) is 67.3 Å². The number of aliphatic carboxylic acids is 1. The topological polar surface area (TPSA) is 508 Å². The number of carboxylic acid groups (broad SMARTS) is 1. The largest absolute Gasteiger partial charge is 0.480 e. The van der Waals surface area contributed by atoms with Crippen LogP contribution >= 0.6 is 0 Å². The zero-order valence-corrected chi connectivity index (χ0v) is 60.3. The number of carbonyl (C=O) groups is 14. The number of aromatic nitrogens is 2. The minimum absolute atomic E-state index is 0.0141. The average molecular weight is 1470 g/mol. The Hall–Kier alpha value is -10.3. The van der Waals surface area contributed by atoms with Crippen LogP contribution in [0, 0.1) is 5.92 Å². The van der Waals surface area contributed by atoms with Gasteiger partial charge in [-0.15, -0.1) is 13.2 Å². The summed E-state index contributed by atoms with van der Waals surface area (Å²) in [6.07, 6.45) is 9.96. The normalized spacial score (nSPS) is 19.2. The molecule has 0 bridgehead atoms. The lowest BCUT2D eigenvalue weighted by Gasteiger charge is -2.31. The molecule has 34 nitrogen and oxygen atoms in total. The number of hydrogen-bond acceptors (Lipinski definition) is 17. The van der Waals surface area contributed by atoms with E-state index >= 15 is 0 Å². The number of carboxylic acids is 1. The molecule has 0 saturated carbocycles. The number of carbonyl (C=O) groups excluding carboxylic acids is 13. The molecular weight excluding hydrogens is 1360 g/mol. The third-order valence-electron chi connectivity index (χ3n) is 18.8. The molecule has 4 aliphatic heterocycles. The van der Waals surface area contributed by atoms with E-state index in [0.29, 0.717) is 56.2 Å². The van der Waals surface area contributed by atoms with Gasteiger partial charge in [-0.1, -0.05) is 76.1 Å². The quantitative estimate of drug-likeness (QED) is 0.0149. The SMILES string of the molecule is C=CC[C@H](NC(=O)[C@H](CC(C)C)NC(=O)[C@H](CCCN=C(N)N)NC(=O)[C@@H]1CCCN1C(=O)[C@H](CC=C)NC(=O)[C@@H]1CCC(=O)N1)C(=O)N[C@@H](Cc1cnc[nH]1)C(=O)N[C@@H](CCCCN)C(=O)NCC(=O)N1CCC[C@H]1C(=O)N[C@@H](CCCC)C(=O)N1CCC[C@H]1C(=O)N[C@@H](Cc1ccccc1)C(=O)O. The maximum Gasteiger partial charge on any atom is 0.326 e. The summed E-state index contributed by atoms with van der Waals surface area (Å²) in [4.78, 5) is 209. The number of hydrogen-bond donors (Lipinski definition) is 15. The van der Waals surface area contributed by atoms with Crippen molar-refractivity contribution in [1.82, 2.24) is 77.8 Å². The summed E-state index contributed by atoms with van der Waals surface area (Å²) in [6.45, 7) is 13.2. The number of nitrogens with one attached hydrogen (secondary N) is 11. The fourth-order valence-electron chi connectivity index (χ4n) is 13.3. The fourth-order valence-corrected chi connectivity index (χ4v) is 13.3. The molecule has 4 fully saturated rings. The molecule has 0 aliphatic carbocycles. The van der Waals surface area contributed by atoms with Gasteiger partial charge in [0.15, 0.2) is 5.96 Å². The van der Waals surface area contributed by atoms with Gasteiger partial charge < -0.3 is 95.2 Å². The Kier molecular flexibility index (Phi) is 33.8. The molecule has 12 atom stereocenters. The Labute approximate surface area is 611 Å². The van der Waals surface area contributed by atoms with Gasteiger partial charge in [0, 0.05) is 57.3 Å². The number of likely N-dealkylation sites (tertiary alicyclic amines) is 3. The molecule has 4 saturated heterocycles. The van der Waals surface area contributed by atoms with Gasteiger partial charge in [0.2, 0.25) is 76.8 Å². The number of nitrogens with zero attached hydrogens (tertiary/aromatic N) is 5. The molecule has 1 aromatic carbocycles. The molecule has 18 N–H and O–H groups in total. The molecule has 6 rings (SSSR count). The first-order valence-corrected chi connectivity index (χ1v) is 36.4. The maximum absolute atomic E-state index is 14.6. The Morgan fingerprint density at radius 3 is 1.70 bits per heavy atom. The third-order valence-corrected chi connectivity index (χ3v) is 18.8. The van der Waals surface area contributed by atoms with E-state index in [0.717, 1.165) is 0 Å². The number of amides is 13. The number of unbranched alkanes of at least 4 members (excludes halogenated alkanes) is 2. The van der Waals surface area contributed by atoms with Crippen molar-refractivity contribution in [3.63, 3.8) is 0 Å². The van der Waals surface area contributed by atoms with E-state index in [4.69, 9.17) is 17.2 Å². The smallest absolute Gasteiger partial charge is 0.326 e. The number of rotatable bonds is 43. The van der Waals surface area contributed by atoms with Crippen LogP contribution in [0.4, 0.5) is 0 Å². The number of aromatic amines is 1. The minimum Gasteiger partial charge on any atom is -0.480 e. The van der Waals surface area contributed by atoms with E-state index in [9.17, 15) is 72.2 Å². The number of aliphatic imine (C=N–C) groups is 1. The van der Waals surface area contributed by atoms with Crippen LogP contribution in [0.15, 0.2) is 73.2 Å². The molecule has 1 aromatic heterocycles. The maximum atomic E-state index is 14.6. The molecule has 576 valence electrons. The number of imidazole rings is 1. The molecule has 34 heteroatoms. The summed E-state index contributed by atoms with van der Waals surface area (Å²) < 4.78 is 0. The van der Waals surface area contributed by atoms with E-state index < -0.39 is 156 Å². The number of nitrogens with two attached hydrogens (primary N) is 3. The monoisotopic (exact) mass is 1470 g/mol. The van der Waals surface area contributed by atoms with Crippen molar-refractivity contribution in [2.75, 3.05) is 39.3 Å². The average Bonchev–Trinajstić information content (AvgIpc) is 1.72. The van der Waals surface area contributed by atoms with Gasteiger partial charge in [0.25, 0.3) is 0 Å². The number of guanidine groups is 1. The van der Waals surface area contributed by atoms with Gasteiger partial charge in [0.05, 0.1) is 12.9 Å². The van der Waals surface area contributed by atoms with Gasteiger partial charge in [0.1, 0.15) is 72.5 Å². The second-order valence-corrected chi connectivity index (χ2v) is 27.4. The van der Waals surface area contributed by atoms with Crippen molar-refractivity contribution >= 4 is 88.7 Å². The first kappa shape index (κ1) is 83.7. The molecule has 5 heterocycles. The van der Waals surface area contributed by atoms with Crippen molar-refractivity contribution in [3.05, 3.63) is 79.4 Å². The molecular formula is C71H107N19O15. The lowest BCUT2D eigenvalue weighted by atomic mass is 10.0. The Bertz CT molecular complexity index is 3390. The van der Waals surface area contributed by atoms with Crippen LogP contribution in [0.1, 0.15) is 154 Å². The van der Waals surface area contributed by atoms with Crippen molar-refractivity contribution in [1.29, 1.82) is 0 Å². The summed E-state index contributed by atoms with van der Waals surface area (Å²) in [5.74, 6) is -10.3. The summed E-state index contributed by atoms with van der Waals surface area (Å²) >= 11 is 0. The minimum atomic E-state index is -1.44. The molecule has 13 amide bonds. The first-order chi connectivity index (χ1) is 50.3. The zero-order chi connectivity index (χ0) is 76.7. The van der Waals surface area contributed by atoms with E-state index in [1.807, 2.05) is 6.92 Å². The summed E-state index contributed by atoms with van der Waals surface area (Å²) in [5, 5.41) is 37.0. The Balaban J connectivity index is 1.11. The van der Waals surface area contributed by atoms with E-state index in [1.165, 1.54) is 39.4 Å². The van der Waals surface area contributed by atoms with Gasteiger partial charge in [-0.2, -0.15) is 0 Å². The molecule has 0 unspecified atom stereocenters. The predicted octanol–water partition coefficient (Wildman–Crippen LogP) is -1.90. The molecule has 0 spiro atoms. The standard InChI is InChI=1S/C71H107N19O15/c1-6-9-23-50(69(103)90-35-18-28-56(90)67(101)87-53(70(104)105)37-43-21-11-10-12-22-43)84-65(99)54-26-16-33-88(54)58(92)40-77-59(93)46(24-13-14-31-72)81-64(98)52(38-44-39-75-41-78-44)86-60(94)45(19-7-2)80-63(97)51(36-42(4)5)85-61(95)47(25-15-32-76-71(73)74)82-66(100)55-27-17-34-89(55)68(102)49(20-8-3)83-62(96)48-29-30-57(91)79-48/h7-8,10-12,21-22,39,41-42,45-56H,2-3,6,9,13-20,23-38,40,72H2,1,4-5H3,(H,75,78)(H,77,93)(H,79,91)(H,80,97)(H,81,98)(H,82,100)(H,83,96)(H,84,99)(H,85,95)(H,86,94)(H,87,101)(H,104,105)(H4,73,74,76)/t45-,46-,47-,48-,49-,50-,51-,52-,53-,54-,55-,56-/m0/s1. The van der Waals surface area contributed by atoms with Crippen molar-refractivity contribution in [3.8, 4) is 0 Å². The first-order valence-electron chi connectivity index (χ1n) is 36.4. The summed E-state index contributed by atoms with van der Waals surface area (Å²) in [5.41, 5.74) is 18.1. The number of benzene rings is 1. The molecule has 0 radical (unpaired) electrons. The Morgan fingerprint density at radius 1 is 0.610 bits per heavy atom. The van der Waals surface area contributed by atoms with Crippen LogP contribution in [0.25, 0.3) is 0 Å². The zero-order valence-electron chi connectivity index (χ0n) is 60.3. The van der Waals surface area contributed by atoms with Gasteiger partial charge in [-0.25, -0.2) is 9.78 Å². The predicted molar refractivity (Wildman–Crippen MR) is 385 cm³/mol. The molecule has 105 heavy (non-hydrogen) atoms. The second kappa shape index (κ2) is 42.5. The molecule has 2 aromatic rings. The van der Waals surface area contributed by atoms with Crippen molar-refractivity contribution < 1.29 is 72.2 Å². The van der Waals surface area contributed by atoms with Crippen LogP contribution in [0.5, 0.6) is 0 Å². The highest BCUT2D eigenvalue weighted by Gasteiger charge is 2.44. The summed E-state index contributed by atoms with van der Waals surface area (Å²) in [6, 6.07) is -5.41. The fraction of sp³-hybridized carbons (Fsp3) is 0.606. The second-order valence-electron chi connectivity index (χ2n) is 27.4. The van der Waals surface area contributed by atoms with Crippen LogP contribution in [-0.4, -0.2) is 230 Å². The van der Waals surface area contributed by atoms with Gasteiger partial charge >= 0.3 is 5.97 Å². The highest BCUT2D eigenvalue weighted by Crippen LogP contribution is 2.25. The highest BCUT2D eigenvalue weighted by molar-refractivity contribution is 6.00. The van der Waals surface area contributed by atoms with E-state index in [-0.39, 0.29) is 140 Å². The van der Waals surface area contributed by atoms with E-state index in [1.54, 1.807) is 44.2 Å². The Morgan fingerprint density at radius 2 is 1.12 bits per heavy atom. The van der Waals surface area contributed by atoms with Crippen LogP contribution in [-0.2, 0) is 80.0 Å². The number of H-pyrrole nitrogens is 1. The van der Waals surface area contributed by atoms with Crippen LogP contribution in [0.3, 0.4) is 0 Å². The summed E-state index contributed by atoms with van der Waals surface area (Å²) in [7, 11) is 0. The lowest BCUT2D eigenvalue weighted by molar-refractivity contribution is -0.145. The lowest BCUT2D eigenvalue weighted by Crippen LogP contribution is -2.60. The highest BCUT2D eigenvalue weighted by atomic mass is 16.4. The van der Waals surface area contributed by atoms with Crippen molar-refractivity contribution in [2.24, 2.45) is 28.1 Å². The van der Waals surface area contributed by atoms with Gasteiger partial charge in [-0.05, 0) is 121 Å². The van der Waals surface area contributed by atoms with Crippen molar-refractivity contribution in [2.45, 2.75) is 228 Å². The van der Waals surface area contributed by atoms with Crippen LogP contribution < -0.4 is 70.4 Å². The van der Waals surface area contributed by atoms with Crippen LogP contribution in [0.2, 0.25) is 0 Å². The molecule has 4 aliphatic rings. The third kappa shape index (κ3) is 25.8.